The number of hydrogen-bond donors (Lipinski definition) is 0. The molecule has 3 heterocycles. The number of fused-ring (bicyclic) bond motifs is 2. The molecule has 118 valence electrons. The van der Waals surface area contributed by atoms with Crippen molar-refractivity contribution in [1.82, 2.24) is 19.4 Å². The zero-order chi connectivity index (χ0) is 16.5. The van der Waals surface area contributed by atoms with Crippen molar-refractivity contribution >= 4 is 28.3 Å². The minimum atomic E-state index is -0.0544. The first kappa shape index (κ1) is 14.8. The fourth-order valence-corrected chi connectivity index (χ4v) is 3.56. The van der Waals surface area contributed by atoms with E-state index in [1.165, 1.54) is 0 Å². The van der Waals surface area contributed by atoms with Crippen LogP contribution in [0.5, 0.6) is 0 Å². The fraction of sp³-hybridized carbons (Fsp3) is 0.111. The SMILES string of the molecule is Cc1cccc2nc(CSc3ncnc4ccccc34)cc(=O)n12. The molecule has 0 aliphatic rings. The predicted molar refractivity (Wildman–Crippen MR) is 95.3 cm³/mol. The summed E-state index contributed by atoms with van der Waals surface area (Å²) in [5.74, 6) is 0.584. The summed E-state index contributed by atoms with van der Waals surface area (Å²) >= 11 is 1.56. The molecule has 5 nitrogen and oxygen atoms in total. The van der Waals surface area contributed by atoms with Crippen LogP contribution in [-0.4, -0.2) is 19.4 Å². The number of benzene rings is 1. The summed E-state index contributed by atoms with van der Waals surface area (Å²) < 4.78 is 1.62. The van der Waals surface area contributed by atoms with Crippen LogP contribution in [0.3, 0.4) is 0 Å². The smallest absolute Gasteiger partial charge is 0.258 e. The van der Waals surface area contributed by atoms with Gasteiger partial charge in [0.15, 0.2) is 0 Å². The van der Waals surface area contributed by atoms with Gasteiger partial charge in [0.1, 0.15) is 17.0 Å². The number of hydrogen-bond acceptors (Lipinski definition) is 5. The molecule has 0 spiro atoms. The minimum Gasteiger partial charge on any atom is -0.269 e. The first-order chi connectivity index (χ1) is 11.7. The van der Waals surface area contributed by atoms with Gasteiger partial charge in [-0.05, 0) is 25.1 Å². The predicted octanol–water partition coefficient (Wildman–Crippen LogP) is 3.24. The molecule has 3 aromatic heterocycles. The molecule has 0 aliphatic carbocycles. The number of thioether (sulfide) groups is 1. The van der Waals surface area contributed by atoms with Gasteiger partial charge < -0.3 is 0 Å². The highest BCUT2D eigenvalue weighted by molar-refractivity contribution is 7.98. The largest absolute Gasteiger partial charge is 0.269 e. The summed E-state index contributed by atoms with van der Waals surface area (Å²) in [5.41, 5.74) is 3.16. The van der Waals surface area contributed by atoms with Crippen LogP contribution in [0.15, 0.2) is 64.7 Å². The third kappa shape index (κ3) is 2.65. The number of pyridine rings is 1. The molecule has 0 saturated carbocycles. The molecule has 0 bridgehead atoms. The van der Waals surface area contributed by atoms with E-state index in [0.29, 0.717) is 11.4 Å². The lowest BCUT2D eigenvalue weighted by atomic mass is 10.2. The van der Waals surface area contributed by atoms with E-state index in [1.807, 2.05) is 49.4 Å². The van der Waals surface area contributed by atoms with Crippen molar-refractivity contribution in [2.45, 2.75) is 17.7 Å². The van der Waals surface area contributed by atoms with Crippen molar-refractivity contribution in [2.75, 3.05) is 0 Å². The summed E-state index contributed by atoms with van der Waals surface area (Å²) in [4.78, 5) is 25.6. The standard InChI is InChI=1S/C18H14N4OS/c1-12-5-4-8-16-21-13(9-17(23)22(12)16)10-24-18-14-6-2-3-7-15(14)19-11-20-18/h2-9,11H,10H2,1H3. The van der Waals surface area contributed by atoms with Gasteiger partial charge in [0.2, 0.25) is 0 Å². The topological polar surface area (TPSA) is 60.2 Å². The minimum absolute atomic E-state index is 0.0544. The molecule has 0 atom stereocenters. The average molecular weight is 334 g/mol. The summed E-state index contributed by atoms with van der Waals surface area (Å²) in [7, 11) is 0. The number of rotatable bonds is 3. The number of aryl methyl sites for hydroxylation is 1. The second-order valence-corrected chi connectivity index (χ2v) is 6.40. The monoisotopic (exact) mass is 334 g/mol. The zero-order valence-electron chi connectivity index (χ0n) is 13.0. The Hall–Kier alpha value is -2.73. The second kappa shape index (κ2) is 6.05. The average Bonchev–Trinajstić information content (AvgIpc) is 2.59. The Kier molecular flexibility index (Phi) is 3.74. The molecule has 4 rings (SSSR count). The Labute approximate surface area is 142 Å². The number of para-hydroxylation sites is 1. The van der Waals surface area contributed by atoms with Gasteiger partial charge in [0, 0.05) is 22.9 Å². The van der Waals surface area contributed by atoms with Gasteiger partial charge in [-0.1, -0.05) is 36.0 Å². The third-order valence-corrected chi connectivity index (χ3v) is 4.84. The molecule has 0 radical (unpaired) electrons. The molecule has 1 aromatic carbocycles. The molecule has 0 N–H and O–H groups in total. The number of aromatic nitrogens is 4. The lowest BCUT2D eigenvalue weighted by Crippen LogP contribution is -2.17. The maximum atomic E-state index is 12.3. The van der Waals surface area contributed by atoms with E-state index in [4.69, 9.17) is 0 Å². The molecule has 6 heteroatoms. The van der Waals surface area contributed by atoms with Gasteiger partial charge in [-0.25, -0.2) is 15.0 Å². The van der Waals surface area contributed by atoms with Crippen LogP contribution in [0.25, 0.3) is 16.6 Å². The Morgan fingerprint density at radius 2 is 1.96 bits per heavy atom. The highest BCUT2D eigenvalue weighted by Gasteiger charge is 2.07. The van der Waals surface area contributed by atoms with Crippen LogP contribution in [0, 0.1) is 6.92 Å². The van der Waals surface area contributed by atoms with Crippen molar-refractivity contribution in [2.24, 2.45) is 0 Å². The molecule has 0 saturated heterocycles. The van der Waals surface area contributed by atoms with Crippen LogP contribution in [-0.2, 0) is 5.75 Å². The highest BCUT2D eigenvalue weighted by atomic mass is 32.2. The van der Waals surface area contributed by atoms with Crippen LogP contribution in [0.4, 0.5) is 0 Å². The van der Waals surface area contributed by atoms with Gasteiger partial charge in [0.05, 0.1) is 11.2 Å². The lowest BCUT2D eigenvalue weighted by molar-refractivity contribution is 0.968. The molecular formula is C18H14N4OS. The van der Waals surface area contributed by atoms with E-state index in [0.717, 1.165) is 27.3 Å². The lowest BCUT2D eigenvalue weighted by Gasteiger charge is -2.07. The Balaban J connectivity index is 1.69. The second-order valence-electron chi connectivity index (χ2n) is 5.43. The maximum Gasteiger partial charge on any atom is 0.258 e. The van der Waals surface area contributed by atoms with E-state index >= 15 is 0 Å². The Bertz CT molecular complexity index is 1100. The summed E-state index contributed by atoms with van der Waals surface area (Å²) in [5, 5.41) is 1.91. The van der Waals surface area contributed by atoms with Crippen molar-refractivity contribution in [3.8, 4) is 0 Å². The molecule has 4 aromatic rings. The van der Waals surface area contributed by atoms with E-state index in [9.17, 15) is 4.79 Å². The van der Waals surface area contributed by atoms with Crippen LogP contribution in [0.2, 0.25) is 0 Å². The van der Waals surface area contributed by atoms with Gasteiger partial charge in [0.25, 0.3) is 5.56 Å². The summed E-state index contributed by atoms with van der Waals surface area (Å²) in [6.45, 7) is 1.90. The van der Waals surface area contributed by atoms with Crippen molar-refractivity contribution in [3.05, 3.63) is 76.6 Å². The molecule has 0 aliphatic heterocycles. The number of nitrogens with zero attached hydrogens (tertiary/aromatic N) is 4. The Morgan fingerprint density at radius 1 is 1.08 bits per heavy atom. The van der Waals surface area contributed by atoms with E-state index in [-0.39, 0.29) is 5.56 Å². The molecule has 0 unspecified atom stereocenters. The Morgan fingerprint density at radius 3 is 2.88 bits per heavy atom. The fourth-order valence-electron chi connectivity index (χ4n) is 2.68. The van der Waals surface area contributed by atoms with Crippen molar-refractivity contribution < 1.29 is 0 Å². The first-order valence-corrected chi connectivity index (χ1v) is 8.52. The van der Waals surface area contributed by atoms with Gasteiger partial charge in [-0.3, -0.25) is 9.20 Å². The molecular weight excluding hydrogens is 320 g/mol. The van der Waals surface area contributed by atoms with Crippen LogP contribution in [0.1, 0.15) is 11.4 Å². The third-order valence-electron chi connectivity index (χ3n) is 3.80. The van der Waals surface area contributed by atoms with Crippen molar-refractivity contribution in [3.63, 3.8) is 0 Å². The highest BCUT2D eigenvalue weighted by Crippen LogP contribution is 2.26. The van der Waals surface area contributed by atoms with Gasteiger partial charge in [-0.15, -0.1) is 0 Å². The van der Waals surface area contributed by atoms with Crippen molar-refractivity contribution in [1.29, 1.82) is 0 Å². The van der Waals surface area contributed by atoms with Gasteiger partial charge in [-0.2, -0.15) is 0 Å². The summed E-state index contributed by atoms with van der Waals surface area (Å²) in [6, 6.07) is 15.1. The first-order valence-electron chi connectivity index (χ1n) is 7.53. The summed E-state index contributed by atoms with van der Waals surface area (Å²) in [6.07, 6.45) is 1.57. The van der Waals surface area contributed by atoms with E-state index in [2.05, 4.69) is 15.0 Å². The van der Waals surface area contributed by atoms with E-state index in [1.54, 1.807) is 28.6 Å². The quantitative estimate of drug-likeness (QED) is 0.425. The molecule has 24 heavy (non-hydrogen) atoms. The zero-order valence-corrected chi connectivity index (χ0v) is 13.8. The van der Waals surface area contributed by atoms with E-state index < -0.39 is 0 Å². The van der Waals surface area contributed by atoms with Crippen LogP contribution >= 0.6 is 11.8 Å². The van der Waals surface area contributed by atoms with Crippen LogP contribution < -0.4 is 5.56 Å². The normalized spacial score (nSPS) is 11.2. The molecule has 0 amide bonds. The molecule has 0 fully saturated rings. The maximum absolute atomic E-state index is 12.3. The van der Waals surface area contributed by atoms with Gasteiger partial charge >= 0.3 is 0 Å².